The molecule has 3 N–H and O–H groups in total. The number of carbonyl (C=O) groups is 2. The minimum atomic E-state index is -1.62. The maximum absolute atomic E-state index is 13.6. The highest BCUT2D eigenvalue weighted by Gasteiger charge is 2.48. The summed E-state index contributed by atoms with van der Waals surface area (Å²) in [4.78, 5) is 28.9. The molecule has 2 aliphatic carbocycles. The van der Waals surface area contributed by atoms with E-state index in [1.807, 2.05) is 12.1 Å². The van der Waals surface area contributed by atoms with Gasteiger partial charge < -0.3 is 20.2 Å². The van der Waals surface area contributed by atoms with Gasteiger partial charge in [-0.2, -0.15) is 0 Å². The van der Waals surface area contributed by atoms with E-state index >= 15 is 0 Å². The van der Waals surface area contributed by atoms with E-state index in [0.717, 1.165) is 88.9 Å². The van der Waals surface area contributed by atoms with Crippen molar-refractivity contribution in [3.05, 3.63) is 58.9 Å². The number of rotatable bonds is 14. The van der Waals surface area contributed by atoms with Gasteiger partial charge in [0.2, 0.25) is 5.71 Å². The number of allylic oxidation sites excluding steroid dienone is 3. The molecule has 0 spiro atoms. The lowest BCUT2D eigenvalue weighted by Crippen LogP contribution is -2.26. The van der Waals surface area contributed by atoms with Crippen molar-refractivity contribution in [1.29, 1.82) is 0 Å². The summed E-state index contributed by atoms with van der Waals surface area (Å²) in [5.41, 5.74) is 1.81. The predicted octanol–water partition coefficient (Wildman–Crippen LogP) is 5.76. The number of anilines is 1. The Morgan fingerprint density at radius 1 is 0.825 bits per heavy atom. The van der Waals surface area contributed by atoms with Gasteiger partial charge in [0.15, 0.2) is 11.6 Å². The van der Waals surface area contributed by atoms with Gasteiger partial charge >= 0.3 is 0 Å². The highest BCUT2D eigenvalue weighted by molar-refractivity contribution is 6.31. The van der Waals surface area contributed by atoms with Gasteiger partial charge in [0, 0.05) is 54.9 Å². The van der Waals surface area contributed by atoms with Crippen LogP contribution in [0, 0.1) is 0 Å². The number of carbonyl (C=O) groups excluding carboxylic acids is 2. The molecule has 7 heteroatoms. The quantitative estimate of drug-likeness (QED) is 0.154. The van der Waals surface area contributed by atoms with Crippen LogP contribution in [0.1, 0.15) is 90.5 Å². The molecule has 0 saturated heterocycles. The van der Waals surface area contributed by atoms with E-state index in [2.05, 4.69) is 37.2 Å². The van der Waals surface area contributed by atoms with Crippen molar-refractivity contribution in [3.8, 4) is 5.75 Å². The summed E-state index contributed by atoms with van der Waals surface area (Å²) in [6, 6.07) is 5.10. The van der Waals surface area contributed by atoms with Gasteiger partial charge in [0.25, 0.3) is 0 Å². The van der Waals surface area contributed by atoms with Gasteiger partial charge in [0.1, 0.15) is 30.7 Å². The van der Waals surface area contributed by atoms with Crippen LogP contribution in [0.5, 0.6) is 5.75 Å². The third-order valence-corrected chi connectivity index (χ3v) is 7.82. The topological polar surface area (TPSA) is 101 Å². The lowest BCUT2D eigenvalue weighted by atomic mass is 9.92. The normalized spacial score (nSPS) is 20.8. The Balaban J connectivity index is 1.93. The van der Waals surface area contributed by atoms with E-state index in [1.165, 1.54) is 0 Å². The van der Waals surface area contributed by atoms with Crippen molar-refractivity contribution in [3.63, 3.8) is 0 Å². The molecule has 1 saturated carbocycles. The highest BCUT2D eigenvalue weighted by Crippen LogP contribution is 2.41. The van der Waals surface area contributed by atoms with E-state index in [9.17, 15) is 24.9 Å². The average molecular weight is 552 g/mol. The van der Waals surface area contributed by atoms with E-state index in [4.69, 9.17) is 0 Å². The number of hydrogen-bond donors (Lipinski definition) is 3. The molecule has 2 unspecified atom stereocenters. The molecule has 0 aromatic heterocycles. The fraction of sp³-hybridized carbons (Fsp3) is 0.545. The second-order valence-electron chi connectivity index (χ2n) is 10.9. The zero-order chi connectivity index (χ0) is 29.2. The summed E-state index contributed by atoms with van der Waals surface area (Å²) in [5.74, 6) is -2.83. The van der Waals surface area contributed by atoms with E-state index in [1.54, 1.807) is 24.3 Å². The largest absolute Gasteiger partial charge is 0.508 e. The fourth-order valence-corrected chi connectivity index (χ4v) is 5.35. The van der Waals surface area contributed by atoms with Crippen molar-refractivity contribution in [2.24, 2.45) is 0 Å². The van der Waals surface area contributed by atoms with Gasteiger partial charge in [-0.1, -0.05) is 59.4 Å². The summed E-state index contributed by atoms with van der Waals surface area (Å²) in [6.07, 6.45) is 11.7. The zero-order valence-electron chi connectivity index (χ0n) is 24.7. The van der Waals surface area contributed by atoms with Crippen LogP contribution >= 0.6 is 0 Å². The van der Waals surface area contributed by atoms with Crippen LogP contribution < -0.4 is 4.90 Å². The number of nitrogens with zero attached hydrogens (tertiary/aromatic N) is 2. The van der Waals surface area contributed by atoms with Crippen LogP contribution in [-0.2, 0) is 9.59 Å². The zero-order valence-corrected chi connectivity index (χ0v) is 24.7. The van der Waals surface area contributed by atoms with Crippen molar-refractivity contribution in [2.45, 2.75) is 91.1 Å². The first-order valence-corrected chi connectivity index (χ1v) is 15.1. The van der Waals surface area contributed by atoms with Gasteiger partial charge in [-0.3, -0.25) is 9.59 Å². The molecule has 0 heterocycles. The Kier molecular flexibility index (Phi) is 11.7. The molecule has 1 aromatic carbocycles. The number of ketones is 2. The van der Waals surface area contributed by atoms with E-state index in [0.29, 0.717) is 0 Å². The first-order valence-electron chi connectivity index (χ1n) is 15.1. The molecule has 1 fully saturated rings. The molecule has 0 radical (unpaired) electrons. The molecule has 2 atom stereocenters. The molecular weight excluding hydrogens is 504 g/mol. The van der Waals surface area contributed by atoms with Gasteiger partial charge in [0.05, 0.1) is 17.6 Å². The Labute approximate surface area is 239 Å². The molecule has 7 nitrogen and oxygen atoms in total. The predicted molar refractivity (Wildman–Crippen MR) is 161 cm³/mol. The monoisotopic (exact) mass is 551 g/mol. The summed E-state index contributed by atoms with van der Waals surface area (Å²) < 4.78 is 2.21. The third kappa shape index (κ3) is 7.11. The maximum atomic E-state index is 13.6. The number of phenolic OH excluding ortho intramolecular Hbond substituents is 1. The van der Waals surface area contributed by atoms with Crippen molar-refractivity contribution in [1.82, 2.24) is 0 Å². The standard InChI is InChI=1S/C33H46N2O5/c1-5-9-17-34(18-10-6-2)23-13-15-25(27(36)21-23)29-31(38)30(33(40)32(29)39)26-16-14-24(22-28(26)37)35(19-11-7-3)20-12-8-4/h13-16,21-22,29,32,36,39H,5-12,17-20H2,1-4H3/p+1. The van der Waals surface area contributed by atoms with Gasteiger partial charge in [-0.25, -0.2) is 4.58 Å². The molecule has 3 rings (SSSR count). The van der Waals surface area contributed by atoms with Crippen LogP contribution in [0.15, 0.2) is 53.3 Å². The van der Waals surface area contributed by atoms with E-state index < -0.39 is 23.6 Å². The number of aliphatic hydroxyl groups excluding tert-OH is 2. The average Bonchev–Trinajstić information content (AvgIpc) is 3.16. The number of aromatic hydroxyl groups is 1. The first kappa shape index (κ1) is 31.3. The van der Waals surface area contributed by atoms with Crippen LogP contribution in [0.4, 0.5) is 5.69 Å². The van der Waals surface area contributed by atoms with Crippen LogP contribution in [0.3, 0.4) is 0 Å². The van der Waals surface area contributed by atoms with Crippen LogP contribution in [0.25, 0.3) is 0 Å². The number of phenols is 1. The number of benzene rings is 1. The second-order valence-corrected chi connectivity index (χ2v) is 10.9. The lowest BCUT2D eigenvalue weighted by molar-refractivity contribution is -0.527. The van der Waals surface area contributed by atoms with Crippen molar-refractivity contribution >= 4 is 23.0 Å². The molecule has 218 valence electrons. The first-order chi connectivity index (χ1) is 19.3. The number of hydrogen-bond acceptors (Lipinski definition) is 6. The summed E-state index contributed by atoms with van der Waals surface area (Å²) in [7, 11) is 0. The lowest BCUT2D eigenvalue weighted by Gasteiger charge is -2.26. The van der Waals surface area contributed by atoms with Crippen molar-refractivity contribution < 1.29 is 29.5 Å². The summed E-state index contributed by atoms with van der Waals surface area (Å²) in [5, 5.41) is 32.8. The van der Waals surface area contributed by atoms with Crippen LogP contribution in [-0.4, -0.2) is 69.5 Å². The molecule has 2 aliphatic rings. The van der Waals surface area contributed by atoms with Crippen LogP contribution in [0.2, 0.25) is 0 Å². The smallest absolute Gasteiger partial charge is 0.203 e. The third-order valence-electron chi connectivity index (χ3n) is 7.82. The van der Waals surface area contributed by atoms with Gasteiger partial charge in [-0.05, 0) is 25.0 Å². The molecule has 1 aromatic rings. The van der Waals surface area contributed by atoms with Gasteiger partial charge in [-0.15, -0.1) is 0 Å². The summed E-state index contributed by atoms with van der Waals surface area (Å²) in [6.45, 7) is 12.0. The maximum Gasteiger partial charge on any atom is 0.203 e. The number of Topliss-reactive ketones (excluding diaryl/α,β-unsaturated/α-hetero) is 2. The minimum absolute atomic E-state index is 0.118. The molecule has 40 heavy (non-hydrogen) atoms. The SMILES string of the molecule is CCCCN(CCCC)c1ccc(C2C(=O)C(=C3C=CC(=[N+](CCCC)CCCC)C=C3O)C(=O)C2O)c(O)c1. The molecule has 0 amide bonds. The minimum Gasteiger partial charge on any atom is -0.508 e. The molecule has 0 bridgehead atoms. The summed E-state index contributed by atoms with van der Waals surface area (Å²) >= 11 is 0. The number of unbranched alkanes of at least 4 members (excludes halogenated alkanes) is 4. The Morgan fingerprint density at radius 3 is 1.95 bits per heavy atom. The Bertz CT molecular complexity index is 1180. The van der Waals surface area contributed by atoms with Crippen molar-refractivity contribution in [2.75, 3.05) is 31.1 Å². The fourth-order valence-electron chi connectivity index (χ4n) is 5.35. The molecule has 0 aliphatic heterocycles. The highest BCUT2D eigenvalue weighted by atomic mass is 16.3. The molecular formula is C33H47N2O5+. The Hall–Kier alpha value is -3.19. The Morgan fingerprint density at radius 2 is 1.43 bits per heavy atom. The second kappa shape index (κ2) is 15.0. The van der Waals surface area contributed by atoms with E-state index in [-0.39, 0.29) is 28.2 Å². The number of aliphatic hydroxyl groups is 2.